The van der Waals surface area contributed by atoms with E-state index in [1.807, 2.05) is 35.7 Å². The zero-order valence-electron chi connectivity index (χ0n) is 19.2. The van der Waals surface area contributed by atoms with Crippen LogP contribution < -0.4 is 15.0 Å². The number of anilines is 2. The molecule has 1 saturated heterocycles. The lowest BCUT2D eigenvalue weighted by molar-refractivity contribution is 0.0601. The molecule has 1 aromatic heterocycles. The molecule has 0 bridgehead atoms. The average Bonchev–Trinajstić information content (AvgIpc) is 3.41. The highest BCUT2D eigenvalue weighted by molar-refractivity contribution is 7.09. The molecular formula is C25H28N4O4S. The Morgan fingerprint density at radius 3 is 2.62 bits per heavy atom. The fourth-order valence-electron chi connectivity index (χ4n) is 3.76. The van der Waals surface area contributed by atoms with E-state index in [2.05, 4.69) is 21.2 Å². The highest BCUT2D eigenvalue weighted by Crippen LogP contribution is 2.26. The number of benzene rings is 2. The van der Waals surface area contributed by atoms with Gasteiger partial charge < -0.3 is 29.7 Å². The maximum Gasteiger partial charge on any atom is 0.337 e. The van der Waals surface area contributed by atoms with Crippen LogP contribution in [0.2, 0.25) is 0 Å². The molecule has 0 spiro atoms. The Kier molecular flexibility index (Phi) is 7.54. The predicted octanol–water partition coefficient (Wildman–Crippen LogP) is 4.04. The lowest BCUT2D eigenvalue weighted by atomic mass is 10.2. The summed E-state index contributed by atoms with van der Waals surface area (Å²) in [6, 6.07) is 16.7. The molecule has 0 unspecified atom stereocenters. The predicted molar refractivity (Wildman–Crippen MR) is 135 cm³/mol. The van der Waals surface area contributed by atoms with Gasteiger partial charge in [0.2, 0.25) is 0 Å². The van der Waals surface area contributed by atoms with Crippen LogP contribution in [0.25, 0.3) is 0 Å². The number of thiophene rings is 1. The smallest absolute Gasteiger partial charge is 0.337 e. The number of nitrogens with zero attached hydrogens (tertiary/aromatic N) is 3. The minimum Gasteiger partial charge on any atom is -0.506 e. The summed E-state index contributed by atoms with van der Waals surface area (Å²) in [5, 5.41) is 15.7. The molecule has 4 rings (SSSR count). The number of carbonyl (C=O) groups excluding carboxylic acids is 1. The van der Waals surface area contributed by atoms with Crippen LogP contribution in [0.1, 0.15) is 15.2 Å². The SMILES string of the molecule is COC(=O)c1ccc(O)c(NC(=NCc2cccs2)N2CCN(c3cccc(OC)c3)CC2)c1. The van der Waals surface area contributed by atoms with Crippen molar-refractivity contribution in [2.45, 2.75) is 6.54 Å². The third kappa shape index (κ3) is 5.60. The summed E-state index contributed by atoms with van der Waals surface area (Å²) in [7, 11) is 3.00. The van der Waals surface area contributed by atoms with Gasteiger partial charge in [-0.1, -0.05) is 12.1 Å². The van der Waals surface area contributed by atoms with E-state index in [1.54, 1.807) is 24.5 Å². The van der Waals surface area contributed by atoms with E-state index in [9.17, 15) is 9.90 Å². The van der Waals surface area contributed by atoms with E-state index in [0.29, 0.717) is 23.8 Å². The first-order chi connectivity index (χ1) is 16.6. The van der Waals surface area contributed by atoms with Gasteiger partial charge in [0.25, 0.3) is 0 Å². The van der Waals surface area contributed by atoms with E-state index in [4.69, 9.17) is 14.5 Å². The summed E-state index contributed by atoms with van der Waals surface area (Å²) >= 11 is 1.65. The number of hydrogen-bond donors (Lipinski definition) is 2. The molecule has 1 fully saturated rings. The first kappa shape index (κ1) is 23.4. The van der Waals surface area contributed by atoms with Crippen LogP contribution in [0, 0.1) is 0 Å². The van der Waals surface area contributed by atoms with Crippen molar-refractivity contribution < 1.29 is 19.4 Å². The molecule has 0 saturated carbocycles. The normalized spacial score (nSPS) is 14.1. The highest BCUT2D eigenvalue weighted by atomic mass is 32.1. The number of nitrogens with one attached hydrogen (secondary N) is 1. The van der Waals surface area contributed by atoms with Crippen LogP contribution in [-0.4, -0.2) is 62.3 Å². The Morgan fingerprint density at radius 1 is 1.09 bits per heavy atom. The molecule has 1 aliphatic heterocycles. The van der Waals surface area contributed by atoms with Gasteiger partial charge in [0, 0.05) is 42.8 Å². The Bertz CT molecular complexity index is 1140. The largest absolute Gasteiger partial charge is 0.506 e. The molecule has 1 aliphatic rings. The van der Waals surface area contributed by atoms with Crippen LogP contribution >= 0.6 is 11.3 Å². The first-order valence-electron chi connectivity index (χ1n) is 11.0. The first-order valence-corrected chi connectivity index (χ1v) is 11.8. The van der Waals surface area contributed by atoms with Gasteiger partial charge in [-0.05, 0) is 41.8 Å². The highest BCUT2D eigenvalue weighted by Gasteiger charge is 2.22. The number of methoxy groups -OCH3 is 2. The van der Waals surface area contributed by atoms with E-state index >= 15 is 0 Å². The van der Waals surface area contributed by atoms with Crippen molar-refractivity contribution in [3.05, 3.63) is 70.4 Å². The van der Waals surface area contributed by atoms with Crippen molar-refractivity contribution in [3.63, 3.8) is 0 Å². The number of carbonyl (C=O) groups is 1. The molecule has 3 aromatic rings. The molecule has 0 amide bonds. The van der Waals surface area contributed by atoms with Gasteiger partial charge >= 0.3 is 5.97 Å². The van der Waals surface area contributed by atoms with E-state index in [-0.39, 0.29) is 5.75 Å². The monoisotopic (exact) mass is 480 g/mol. The standard InChI is InChI=1S/C25H28N4O4S/c1-32-20-6-3-5-19(16-20)28-10-12-29(13-11-28)25(26-17-21-7-4-14-34-21)27-22-15-18(24(31)33-2)8-9-23(22)30/h3-9,14-16,30H,10-13,17H2,1-2H3,(H,26,27). The zero-order valence-corrected chi connectivity index (χ0v) is 20.0. The Morgan fingerprint density at radius 2 is 1.91 bits per heavy atom. The van der Waals surface area contributed by atoms with Crippen LogP contribution in [0.5, 0.6) is 11.5 Å². The lowest BCUT2D eigenvalue weighted by Crippen LogP contribution is -2.50. The molecule has 9 heteroatoms. The van der Waals surface area contributed by atoms with Gasteiger partial charge in [0.1, 0.15) is 11.5 Å². The summed E-state index contributed by atoms with van der Waals surface area (Å²) < 4.78 is 10.2. The molecule has 0 aliphatic carbocycles. The summed E-state index contributed by atoms with van der Waals surface area (Å²) in [5.74, 6) is 1.05. The molecule has 0 atom stereocenters. The number of guanidine groups is 1. The number of aliphatic imine (C=N–C) groups is 1. The topological polar surface area (TPSA) is 86.6 Å². The number of hydrogen-bond acceptors (Lipinski definition) is 7. The number of esters is 1. The second-order valence-electron chi connectivity index (χ2n) is 7.74. The number of phenols is 1. The molecule has 2 aromatic carbocycles. The quantitative estimate of drug-likeness (QED) is 0.238. The number of ether oxygens (including phenoxy) is 2. The summed E-state index contributed by atoms with van der Waals surface area (Å²) in [4.78, 5) is 22.4. The number of piperazine rings is 1. The number of rotatable bonds is 6. The van der Waals surface area contributed by atoms with E-state index in [1.165, 1.54) is 19.2 Å². The van der Waals surface area contributed by atoms with Crippen molar-refractivity contribution in [2.24, 2.45) is 4.99 Å². The lowest BCUT2D eigenvalue weighted by Gasteiger charge is -2.38. The van der Waals surface area contributed by atoms with Crippen LogP contribution in [0.4, 0.5) is 11.4 Å². The minimum atomic E-state index is -0.466. The van der Waals surface area contributed by atoms with Gasteiger partial charge in [0.05, 0.1) is 32.0 Å². The molecule has 178 valence electrons. The van der Waals surface area contributed by atoms with E-state index in [0.717, 1.165) is 42.5 Å². The summed E-state index contributed by atoms with van der Waals surface area (Å²) in [6.07, 6.45) is 0. The van der Waals surface area contributed by atoms with Crippen LogP contribution in [-0.2, 0) is 11.3 Å². The fourth-order valence-corrected chi connectivity index (χ4v) is 4.39. The second kappa shape index (κ2) is 10.9. The van der Waals surface area contributed by atoms with Crippen molar-refractivity contribution in [1.29, 1.82) is 0 Å². The Labute approximate surface area is 203 Å². The number of aromatic hydroxyl groups is 1. The Hall–Kier alpha value is -3.72. The van der Waals surface area contributed by atoms with Crippen molar-refractivity contribution >= 4 is 34.6 Å². The van der Waals surface area contributed by atoms with E-state index < -0.39 is 5.97 Å². The van der Waals surface area contributed by atoms with Gasteiger partial charge in [-0.3, -0.25) is 0 Å². The molecule has 34 heavy (non-hydrogen) atoms. The molecule has 0 radical (unpaired) electrons. The van der Waals surface area contributed by atoms with Crippen molar-refractivity contribution in [2.75, 3.05) is 50.6 Å². The van der Waals surface area contributed by atoms with Gasteiger partial charge in [-0.25, -0.2) is 9.79 Å². The fraction of sp³-hybridized carbons (Fsp3) is 0.280. The minimum absolute atomic E-state index is 0.0338. The van der Waals surface area contributed by atoms with Gasteiger partial charge in [-0.15, -0.1) is 11.3 Å². The molecule has 2 N–H and O–H groups in total. The maximum absolute atomic E-state index is 12.0. The third-order valence-electron chi connectivity index (χ3n) is 5.63. The molecule has 2 heterocycles. The zero-order chi connectivity index (χ0) is 23.9. The van der Waals surface area contributed by atoms with Gasteiger partial charge in [-0.2, -0.15) is 0 Å². The van der Waals surface area contributed by atoms with Crippen molar-refractivity contribution in [3.8, 4) is 11.5 Å². The van der Waals surface area contributed by atoms with Crippen molar-refractivity contribution in [1.82, 2.24) is 4.90 Å². The number of phenolic OH excluding ortho intramolecular Hbond substituents is 1. The molecular weight excluding hydrogens is 452 g/mol. The summed E-state index contributed by atoms with van der Waals surface area (Å²) in [5.41, 5.74) is 1.87. The Balaban J connectivity index is 1.53. The average molecular weight is 481 g/mol. The molecule has 8 nitrogen and oxygen atoms in total. The summed E-state index contributed by atoms with van der Waals surface area (Å²) in [6.45, 7) is 3.62. The van der Waals surface area contributed by atoms with Gasteiger partial charge in [0.15, 0.2) is 5.96 Å². The second-order valence-corrected chi connectivity index (χ2v) is 8.78. The maximum atomic E-state index is 12.0. The van der Waals surface area contributed by atoms with Crippen LogP contribution in [0.3, 0.4) is 0 Å². The third-order valence-corrected chi connectivity index (χ3v) is 6.49. The van der Waals surface area contributed by atoms with Crippen LogP contribution in [0.15, 0.2) is 65.0 Å².